The first kappa shape index (κ1) is 17.0. The smallest absolute Gasteiger partial charge is 0.186 e. The molecule has 0 amide bonds. The number of hydrogen-bond donors (Lipinski definition) is 1. The minimum atomic E-state index is -0.309. The molecule has 5 nitrogen and oxygen atoms in total. The Morgan fingerprint density at radius 2 is 2.12 bits per heavy atom. The first-order chi connectivity index (χ1) is 12.7. The molecule has 4 rings (SSSR count). The second kappa shape index (κ2) is 7.42. The largest absolute Gasteiger partial charge is 0.319 e. The molecule has 3 heterocycles. The molecular weight excluding hydrogens is 389 g/mol. The van der Waals surface area contributed by atoms with Crippen LogP contribution in [0.1, 0.15) is 10.4 Å². The molecule has 2 aliphatic rings. The van der Waals surface area contributed by atoms with Gasteiger partial charge in [-0.3, -0.25) is 9.98 Å². The zero-order chi connectivity index (χ0) is 17.9. The average molecular weight is 400 g/mol. The highest BCUT2D eigenvalue weighted by Crippen LogP contribution is 2.20. The summed E-state index contributed by atoms with van der Waals surface area (Å²) in [6.45, 7) is 0.458. The van der Waals surface area contributed by atoms with Crippen LogP contribution < -0.4 is 5.32 Å². The number of halogens is 2. The number of rotatable bonds is 2. The van der Waals surface area contributed by atoms with E-state index < -0.39 is 0 Å². The molecule has 1 atom stereocenters. The zero-order valence-corrected chi connectivity index (χ0v) is 15.6. The molecule has 1 aromatic heterocycles. The van der Waals surface area contributed by atoms with Crippen molar-refractivity contribution in [2.75, 3.05) is 0 Å². The van der Waals surface area contributed by atoms with Crippen molar-refractivity contribution >= 4 is 58.4 Å². The molecule has 0 fully saturated rings. The molecule has 0 aliphatic carbocycles. The second-order valence-corrected chi connectivity index (χ2v) is 7.58. The summed E-state index contributed by atoms with van der Waals surface area (Å²) in [5.74, 6) is 7.78. The summed E-state index contributed by atoms with van der Waals surface area (Å²) in [5, 5.41) is 3.78. The van der Waals surface area contributed by atoms with Gasteiger partial charge >= 0.3 is 0 Å². The van der Waals surface area contributed by atoms with Gasteiger partial charge in [-0.05, 0) is 41.7 Å². The van der Waals surface area contributed by atoms with Crippen LogP contribution in [0.3, 0.4) is 0 Å². The van der Waals surface area contributed by atoms with Gasteiger partial charge in [0, 0.05) is 5.02 Å². The van der Waals surface area contributed by atoms with Gasteiger partial charge in [0.15, 0.2) is 17.7 Å². The molecular formula is C18H11Cl2N5S. The minimum absolute atomic E-state index is 0.309. The quantitative estimate of drug-likeness (QED) is 0.766. The lowest BCUT2D eigenvalue weighted by Crippen LogP contribution is -2.44. The van der Waals surface area contributed by atoms with Crippen LogP contribution in [0.5, 0.6) is 0 Å². The van der Waals surface area contributed by atoms with Gasteiger partial charge in [0.05, 0.1) is 15.8 Å². The number of benzene rings is 1. The molecule has 2 aliphatic heterocycles. The van der Waals surface area contributed by atoms with Crippen molar-refractivity contribution in [2.45, 2.75) is 12.6 Å². The summed E-state index contributed by atoms with van der Waals surface area (Å²) in [7, 11) is 0. The normalized spacial score (nSPS) is 19.3. The molecule has 0 radical (unpaired) electrons. The van der Waals surface area contributed by atoms with Gasteiger partial charge in [-0.2, -0.15) is 0 Å². The number of amidine groups is 3. The van der Waals surface area contributed by atoms with E-state index in [-0.39, 0.29) is 6.04 Å². The van der Waals surface area contributed by atoms with Crippen LogP contribution in [0.15, 0.2) is 56.4 Å². The van der Waals surface area contributed by atoms with Gasteiger partial charge in [0.1, 0.15) is 12.2 Å². The molecule has 1 unspecified atom stereocenters. The van der Waals surface area contributed by atoms with E-state index in [2.05, 4.69) is 37.1 Å². The number of aliphatic imine (C=N–C) groups is 4. The van der Waals surface area contributed by atoms with Crippen molar-refractivity contribution in [2.24, 2.45) is 20.0 Å². The van der Waals surface area contributed by atoms with E-state index in [0.717, 1.165) is 10.4 Å². The van der Waals surface area contributed by atoms with E-state index in [1.54, 1.807) is 0 Å². The summed E-state index contributed by atoms with van der Waals surface area (Å²) in [6.07, 6.45) is 1.51. The highest BCUT2D eigenvalue weighted by Gasteiger charge is 2.29. The Bertz CT molecular complexity index is 1040. The summed E-state index contributed by atoms with van der Waals surface area (Å²) >= 11 is 13.4. The molecule has 128 valence electrons. The fourth-order valence-electron chi connectivity index (χ4n) is 2.41. The van der Waals surface area contributed by atoms with Crippen molar-refractivity contribution in [3.8, 4) is 11.8 Å². The highest BCUT2D eigenvalue weighted by atomic mass is 35.5. The van der Waals surface area contributed by atoms with Crippen molar-refractivity contribution < 1.29 is 0 Å². The van der Waals surface area contributed by atoms with Crippen LogP contribution >= 0.6 is 34.5 Å². The number of fused-ring (bicyclic) bond motifs is 1. The molecule has 26 heavy (non-hydrogen) atoms. The Morgan fingerprint density at radius 3 is 2.92 bits per heavy atom. The van der Waals surface area contributed by atoms with E-state index in [0.29, 0.717) is 33.4 Å². The molecule has 0 saturated heterocycles. The van der Waals surface area contributed by atoms with Crippen molar-refractivity contribution in [1.29, 1.82) is 0 Å². The summed E-state index contributed by atoms with van der Waals surface area (Å²) in [5.41, 5.74) is 1.00. The summed E-state index contributed by atoms with van der Waals surface area (Å²) in [6, 6.07) is 11.0. The average Bonchev–Trinajstić information content (AvgIpc) is 3.26. The highest BCUT2D eigenvalue weighted by molar-refractivity contribution is 7.16. The van der Waals surface area contributed by atoms with E-state index in [1.807, 2.05) is 36.4 Å². The predicted molar refractivity (Wildman–Crippen MR) is 109 cm³/mol. The summed E-state index contributed by atoms with van der Waals surface area (Å²) < 4.78 is 0.699. The molecule has 8 heteroatoms. The van der Waals surface area contributed by atoms with Crippen LogP contribution in [-0.4, -0.2) is 29.9 Å². The zero-order valence-electron chi connectivity index (χ0n) is 13.3. The molecule has 0 bridgehead atoms. The lowest BCUT2D eigenvalue weighted by atomic mass is 10.2. The van der Waals surface area contributed by atoms with Crippen LogP contribution in [0.4, 0.5) is 0 Å². The Kier molecular flexibility index (Phi) is 4.85. The van der Waals surface area contributed by atoms with Gasteiger partial charge in [-0.25, -0.2) is 9.98 Å². The number of hydrogen-bond acceptors (Lipinski definition) is 5. The first-order valence-electron chi connectivity index (χ1n) is 7.68. The minimum Gasteiger partial charge on any atom is -0.319 e. The maximum absolute atomic E-state index is 6.02. The molecule has 2 aromatic rings. The van der Waals surface area contributed by atoms with Crippen LogP contribution in [0, 0.1) is 11.8 Å². The van der Waals surface area contributed by atoms with Crippen molar-refractivity contribution in [3.05, 3.63) is 56.2 Å². The maximum atomic E-state index is 6.02. The number of thiophene rings is 1. The monoisotopic (exact) mass is 399 g/mol. The number of nitrogens with zero attached hydrogens (tertiary/aromatic N) is 4. The van der Waals surface area contributed by atoms with Crippen molar-refractivity contribution in [3.63, 3.8) is 0 Å². The van der Waals surface area contributed by atoms with Crippen LogP contribution in [-0.2, 0) is 6.54 Å². The van der Waals surface area contributed by atoms with E-state index in [4.69, 9.17) is 23.2 Å². The molecule has 1 N–H and O–H groups in total. The van der Waals surface area contributed by atoms with Crippen LogP contribution in [0.2, 0.25) is 9.36 Å². The molecule has 1 aromatic carbocycles. The fraction of sp³-hybridized carbons (Fsp3) is 0.111. The lowest BCUT2D eigenvalue weighted by Gasteiger charge is -2.18. The van der Waals surface area contributed by atoms with Gasteiger partial charge in [-0.1, -0.05) is 35.3 Å². The van der Waals surface area contributed by atoms with Gasteiger partial charge in [-0.15, -0.1) is 11.3 Å². The first-order valence-corrected chi connectivity index (χ1v) is 9.26. The Balaban J connectivity index is 1.61. The standard InChI is InChI=1S/C18H11Cl2N5S/c19-12-3-1-2-11(8-12)9-21-17-16-18(23-10-22-16)25-15(24-17)7-5-13-4-6-14(20)26-13/h1-4,6,8,10,16H,9H2,(H,21,22,23,24,25). The predicted octanol–water partition coefficient (Wildman–Crippen LogP) is 3.82. The van der Waals surface area contributed by atoms with Gasteiger partial charge in [0.25, 0.3) is 0 Å². The maximum Gasteiger partial charge on any atom is 0.186 e. The molecule has 0 spiro atoms. The van der Waals surface area contributed by atoms with Gasteiger partial charge < -0.3 is 5.32 Å². The Morgan fingerprint density at radius 1 is 1.19 bits per heavy atom. The third-order valence-electron chi connectivity index (χ3n) is 3.58. The van der Waals surface area contributed by atoms with Gasteiger partial charge in [0.2, 0.25) is 0 Å². The Hall–Kier alpha value is -2.46. The van der Waals surface area contributed by atoms with E-state index in [1.165, 1.54) is 17.7 Å². The van der Waals surface area contributed by atoms with Crippen LogP contribution in [0.25, 0.3) is 0 Å². The Labute approximate surface area is 164 Å². The third kappa shape index (κ3) is 3.86. The van der Waals surface area contributed by atoms with E-state index in [9.17, 15) is 0 Å². The third-order valence-corrected chi connectivity index (χ3v) is 4.96. The summed E-state index contributed by atoms with van der Waals surface area (Å²) in [4.78, 5) is 18.5. The second-order valence-electron chi connectivity index (χ2n) is 5.42. The van der Waals surface area contributed by atoms with E-state index >= 15 is 0 Å². The fourth-order valence-corrected chi connectivity index (χ4v) is 3.52. The number of nitrogens with one attached hydrogen (secondary N) is 1. The molecule has 0 saturated carbocycles. The topological polar surface area (TPSA) is 61.5 Å². The SMILES string of the molecule is Clc1cccc(CN=C2N=C(C#Cc3ccc(Cl)s3)NC3=NC=NC23)c1. The van der Waals surface area contributed by atoms with Crippen molar-refractivity contribution in [1.82, 2.24) is 5.32 Å². The lowest BCUT2D eigenvalue weighted by molar-refractivity contribution is 0.998.